The molecule has 0 aromatic heterocycles. The second-order valence-corrected chi connectivity index (χ2v) is 6.48. The average molecular weight is 436 g/mol. The van der Waals surface area contributed by atoms with Crippen LogP contribution in [-0.4, -0.2) is 82.9 Å². The molecule has 0 heterocycles. The van der Waals surface area contributed by atoms with E-state index in [1.807, 2.05) is 0 Å². The van der Waals surface area contributed by atoms with Gasteiger partial charge < -0.3 is 43.4 Å². The maximum Gasteiger partial charge on any atom is 0.325 e. The lowest BCUT2D eigenvalue weighted by Gasteiger charge is -2.22. The molecule has 11 N–H and O–H groups in total. The summed E-state index contributed by atoms with van der Waals surface area (Å²) in [6.45, 7) is 0.786. The SMILES string of the molecule is CC(NC(=O)C(CS)NC(=O)C(CO)NC(=O)C(N)CCCN=C(N)N)C(=O)O. The monoisotopic (exact) mass is 435 g/mol. The van der Waals surface area contributed by atoms with Crippen molar-refractivity contribution in [3.63, 3.8) is 0 Å². The molecule has 166 valence electrons. The zero-order chi connectivity index (χ0) is 22.6. The number of amides is 3. The zero-order valence-corrected chi connectivity index (χ0v) is 16.9. The van der Waals surface area contributed by atoms with Crippen LogP contribution in [0.1, 0.15) is 19.8 Å². The van der Waals surface area contributed by atoms with Crippen molar-refractivity contribution in [3.8, 4) is 0 Å². The minimum absolute atomic E-state index is 0.0828. The number of rotatable bonds is 13. The van der Waals surface area contributed by atoms with Gasteiger partial charge in [0.15, 0.2) is 5.96 Å². The molecule has 0 rings (SSSR count). The number of aliphatic hydroxyl groups excluding tert-OH is 1. The molecule has 13 nitrogen and oxygen atoms in total. The van der Waals surface area contributed by atoms with Crippen LogP contribution in [0.2, 0.25) is 0 Å². The number of guanidine groups is 1. The highest BCUT2D eigenvalue weighted by Crippen LogP contribution is 1.98. The molecule has 0 saturated carbocycles. The Morgan fingerprint density at radius 1 is 1.03 bits per heavy atom. The van der Waals surface area contributed by atoms with Crippen LogP contribution in [0, 0.1) is 0 Å². The van der Waals surface area contributed by atoms with Gasteiger partial charge in [-0.05, 0) is 19.8 Å². The van der Waals surface area contributed by atoms with Gasteiger partial charge in [-0.1, -0.05) is 0 Å². The van der Waals surface area contributed by atoms with Gasteiger partial charge in [-0.2, -0.15) is 12.6 Å². The van der Waals surface area contributed by atoms with Gasteiger partial charge in [0.25, 0.3) is 0 Å². The molecule has 3 amide bonds. The number of hydrogen-bond acceptors (Lipinski definition) is 8. The molecule has 0 aliphatic carbocycles. The van der Waals surface area contributed by atoms with Gasteiger partial charge in [0, 0.05) is 12.3 Å². The second-order valence-electron chi connectivity index (χ2n) is 6.11. The molecular weight excluding hydrogens is 406 g/mol. The van der Waals surface area contributed by atoms with E-state index in [1.54, 1.807) is 0 Å². The molecule has 4 atom stereocenters. The molecule has 14 heteroatoms. The van der Waals surface area contributed by atoms with E-state index in [1.165, 1.54) is 6.92 Å². The number of carbonyl (C=O) groups is 4. The van der Waals surface area contributed by atoms with Crippen LogP contribution >= 0.6 is 12.6 Å². The van der Waals surface area contributed by atoms with Crippen LogP contribution in [-0.2, 0) is 19.2 Å². The zero-order valence-electron chi connectivity index (χ0n) is 16.0. The summed E-state index contributed by atoms with van der Waals surface area (Å²) in [5.74, 6) is -3.79. The summed E-state index contributed by atoms with van der Waals surface area (Å²) in [7, 11) is 0. The minimum atomic E-state index is -1.36. The number of carbonyl (C=O) groups excluding carboxylic acids is 3. The Kier molecular flexibility index (Phi) is 12.4. The molecule has 0 spiro atoms. The van der Waals surface area contributed by atoms with Crippen molar-refractivity contribution in [2.24, 2.45) is 22.2 Å². The number of hydrogen-bond donors (Lipinski definition) is 9. The Balaban J connectivity index is 4.72. The van der Waals surface area contributed by atoms with E-state index >= 15 is 0 Å². The summed E-state index contributed by atoms with van der Waals surface area (Å²) in [4.78, 5) is 50.9. The van der Waals surface area contributed by atoms with Gasteiger partial charge >= 0.3 is 5.97 Å². The summed E-state index contributed by atoms with van der Waals surface area (Å²) in [6, 6.07) is -4.68. The van der Waals surface area contributed by atoms with Gasteiger partial charge in [0.05, 0.1) is 12.6 Å². The van der Waals surface area contributed by atoms with E-state index in [-0.39, 0.29) is 24.7 Å². The summed E-state index contributed by atoms with van der Waals surface area (Å²) >= 11 is 3.94. The Bertz CT molecular complexity index is 614. The normalized spacial score (nSPS) is 14.6. The smallest absolute Gasteiger partial charge is 0.325 e. The summed E-state index contributed by atoms with van der Waals surface area (Å²) < 4.78 is 0. The van der Waals surface area contributed by atoms with Crippen molar-refractivity contribution in [2.45, 2.75) is 43.9 Å². The first kappa shape index (κ1) is 26.4. The van der Waals surface area contributed by atoms with Gasteiger partial charge in [0.2, 0.25) is 17.7 Å². The standard InChI is InChI=1S/C15H29N7O6S/c1-7(14(27)28)20-13(26)10(6-29)22-12(25)9(5-23)21-11(24)8(16)3-2-4-19-15(17)18/h7-10,23,29H,2-6,16H2,1H3,(H,20,26)(H,21,24)(H,22,25)(H,27,28)(H4,17,18,19). The number of nitrogens with two attached hydrogens (primary N) is 3. The maximum atomic E-state index is 12.3. The van der Waals surface area contributed by atoms with E-state index in [2.05, 4.69) is 33.6 Å². The van der Waals surface area contributed by atoms with E-state index in [0.29, 0.717) is 6.42 Å². The van der Waals surface area contributed by atoms with Crippen LogP contribution in [0.5, 0.6) is 0 Å². The van der Waals surface area contributed by atoms with Crippen molar-refractivity contribution in [1.82, 2.24) is 16.0 Å². The van der Waals surface area contributed by atoms with Crippen LogP contribution in [0.25, 0.3) is 0 Å². The molecule has 0 radical (unpaired) electrons. The van der Waals surface area contributed by atoms with Gasteiger partial charge in [-0.25, -0.2) is 0 Å². The van der Waals surface area contributed by atoms with Crippen LogP contribution < -0.4 is 33.2 Å². The number of nitrogens with one attached hydrogen (secondary N) is 3. The van der Waals surface area contributed by atoms with E-state index < -0.39 is 54.5 Å². The number of thiol groups is 1. The molecule has 0 saturated heterocycles. The molecule has 0 fully saturated rings. The molecule has 29 heavy (non-hydrogen) atoms. The fourth-order valence-corrected chi connectivity index (χ4v) is 2.22. The highest BCUT2D eigenvalue weighted by atomic mass is 32.1. The third-order valence-corrected chi connectivity index (χ3v) is 4.03. The molecule has 0 aliphatic rings. The van der Waals surface area contributed by atoms with Crippen molar-refractivity contribution >= 4 is 42.3 Å². The van der Waals surface area contributed by atoms with E-state index in [0.717, 1.165) is 0 Å². The minimum Gasteiger partial charge on any atom is -0.480 e. The predicted octanol–water partition coefficient (Wildman–Crippen LogP) is -4.15. The third kappa shape index (κ3) is 10.5. The topological polar surface area (TPSA) is 235 Å². The molecular formula is C15H29N7O6S. The van der Waals surface area contributed by atoms with E-state index in [9.17, 15) is 24.3 Å². The van der Waals surface area contributed by atoms with Crippen LogP contribution in [0.15, 0.2) is 4.99 Å². The third-order valence-electron chi connectivity index (χ3n) is 3.66. The summed E-state index contributed by atoms with van der Waals surface area (Å²) in [5, 5.41) is 25.0. The number of carboxylic acid groups (broad SMARTS) is 1. The lowest BCUT2D eigenvalue weighted by atomic mass is 10.1. The van der Waals surface area contributed by atoms with E-state index in [4.69, 9.17) is 22.3 Å². The number of carboxylic acids is 1. The molecule has 0 bridgehead atoms. The van der Waals surface area contributed by atoms with Gasteiger partial charge in [0.1, 0.15) is 18.1 Å². The van der Waals surface area contributed by atoms with Crippen LogP contribution in [0.3, 0.4) is 0 Å². The van der Waals surface area contributed by atoms with Crippen molar-refractivity contribution in [3.05, 3.63) is 0 Å². The fourth-order valence-electron chi connectivity index (χ4n) is 1.97. The average Bonchev–Trinajstić information content (AvgIpc) is 2.66. The summed E-state index contributed by atoms with van der Waals surface area (Å²) in [6.07, 6.45) is 0.656. The summed E-state index contributed by atoms with van der Waals surface area (Å²) in [5.41, 5.74) is 16.1. The second kappa shape index (κ2) is 13.6. The Morgan fingerprint density at radius 2 is 1.59 bits per heavy atom. The maximum absolute atomic E-state index is 12.3. The first-order valence-corrected chi connectivity index (χ1v) is 9.33. The molecule has 0 aromatic carbocycles. The van der Waals surface area contributed by atoms with Gasteiger partial charge in [-0.3, -0.25) is 24.2 Å². The Hall–Kier alpha value is -2.58. The molecule has 0 aromatic rings. The Labute approximate surface area is 173 Å². The Morgan fingerprint density at radius 3 is 2.07 bits per heavy atom. The number of aliphatic hydroxyl groups is 1. The van der Waals surface area contributed by atoms with Gasteiger partial charge in [-0.15, -0.1) is 0 Å². The number of aliphatic carboxylic acids is 1. The number of aliphatic imine (C=N–C) groups is 1. The lowest BCUT2D eigenvalue weighted by Crippen LogP contribution is -2.58. The van der Waals surface area contributed by atoms with Crippen molar-refractivity contribution in [2.75, 3.05) is 18.9 Å². The quantitative estimate of drug-likeness (QED) is 0.0590. The number of nitrogens with zero attached hydrogens (tertiary/aromatic N) is 1. The fraction of sp³-hybridized carbons (Fsp3) is 0.667. The predicted molar refractivity (Wildman–Crippen MR) is 108 cm³/mol. The lowest BCUT2D eigenvalue weighted by molar-refractivity contribution is -0.141. The molecule has 0 aliphatic heterocycles. The first-order chi connectivity index (χ1) is 13.5. The van der Waals surface area contributed by atoms with Crippen LogP contribution in [0.4, 0.5) is 0 Å². The largest absolute Gasteiger partial charge is 0.480 e. The highest BCUT2D eigenvalue weighted by molar-refractivity contribution is 7.80. The first-order valence-electron chi connectivity index (χ1n) is 8.70. The molecule has 4 unspecified atom stereocenters. The van der Waals surface area contributed by atoms with Crippen molar-refractivity contribution in [1.29, 1.82) is 0 Å². The van der Waals surface area contributed by atoms with Crippen molar-refractivity contribution < 1.29 is 29.4 Å². The highest BCUT2D eigenvalue weighted by Gasteiger charge is 2.28.